The lowest BCUT2D eigenvalue weighted by Crippen LogP contribution is -2.14. The summed E-state index contributed by atoms with van der Waals surface area (Å²) in [6.45, 7) is 0.161. The quantitative estimate of drug-likeness (QED) is 0.567. The molecule has 124 valence electrons. The zero-order valence-corrected chi connectivity index (χ0v) is 13.1. The minimum Gasteiger partial charge on any atom is -0.373 e. The van der Waals surface area contributed by atoms with E-state index < -0.39 is 17.3 Å². The summed E-state index contributed by atoms with van der Waals surface area (Å²) in [5.41, 5.74) is -0.0550. The molecular formula is C16H12ClF2N3O2. The van der Waals surface area contributed by atoms with Crippen LogP contribution in [0.4, 0.5) is 8.78 Å². The molecule has 0 unspecified atom stereocenters. The number of ether oxygens (including phenoxy) is 1. The van der Waals surface area contributed by atoms with Crippen molar-refractivity contribution in [2.45, 2.75) is 13.0 Å². The van der Waals surface area contributed by atoms with Crippen LogP contribution in [0.3, 0.4) is 0 Å². The summed E-state index contributed by atoms with van der Waals surface area (Å²) in [5, 5.41) is 0.522. The molecule has 0 radical (unpaired) electrons. The fourth-order valence-electron chi connectivity index (χ4n) is 2.22. The van der Waals surface area contributed by atoms with Gasteiger partial charge in [0.2, 0.25) is 5.95 Å². The lowest BCUT2D eigenvalue weighted by Gasteiger charge is -2.07. The highest BCUT2D eigenvalue weighted by Gasteiger charge is 2.08. The molecule has 2 aromatic heterocycles. The fraction of sp³-hybridized carbons (Fsp3) is 0.188. The molecule has 0 saturated carbocycles. The molecule has 5 nitrogen and oxygen atoms in total. The van der Waals surface area contributed by atoms with Crippen LogP contribution in [0.5, 0.6) is 0 Å². The molecule has 3 aromatic rings. The van der Waals surface area contributed by atoms with Crippen molar-refractivity contribution in [3.63, 3.8) is 0 Å². The maximum absolute atomic E-state index is 13.6. The van der Waals surface area contributed by atoms with Gasteiger partial charge < -0.3 is 9.72 Å². The Labute approximate surface area is 140 Å². The Morgan fingerprint density at radius 3 is 2.79 bits per heavy atom. The van der Waals surface area contributed by atoms with Crippen molar-refractivity contribution >= 4 is 22.6 Å². The average Bonchev–Trinajstić information content (AvgIpc) is 2.53. The van der Waals surface area contributed by atoms with E-state index in [2.05, 4.69) is 15.0 Å². The third kappa shape index (κ3) is 3.58. The molecule has 1 aromatic carbocycles. The topological polar surface area (TPSA) is 67.9 Å². The summed E-state index contributed by atoms with van der Waals surface area (Å²) in [4.78, 5) is 22.0. The van der Waals surface area contributed by atoms with Crippen LogP contribution in [-0.2, 0) is 17.8 Å². The third-order valence-corrected chi connectivity index (χ3v) is 3.74. The predicted molar refractivity (Wildman–Crippen MR) is 84.9 cm³/mol. The van der Waals surface area contributed by atoms with E-state index in [0.29, 0.717) is 10.6 Å². The Hall–Kier alpha value is -2.38. The molecule has 0 fully saturated rings. The minimum atomic E-state index is -0.721. The Morgan fingerprint density at radius 2 is 2.00 bits per heavy atom. The molecule has 0 aliphatic heterocycles. The van der Waals surface area contributed by atoms with E-state index in [1.165, 1.54) is 18.2 Å². The van der Waals surface area contributed by atoms with Gasteiger partial charge in [0.1, 0.15) is 18.2 Å². The van der Waals surface area contributed by atoms with E-state index in [9.17, 15) is 13.6 Å². The molecule has 1 N–H and O–H groups in total. The van der Waals surface area contributed by atoms with Gasteiger partial charge in [-0.15, -0.1) is 0 Å². The number of benzene rings is 1. The summed E-state index contributed by atoms with van der Waals surface area (Å²) in [6.07, 6.45) is 0.274. The highest BCUT2D eigenvalue weighted by atomic mass is 35.5. The normalized spacial score (nSPS) is 11.1. The first-order chi connectivity index (χ1) is 11.5. The number of H-pyrrole nitrogens is 1. The first-order valence-electron chi connectivity index (χ1n) is 7.10. The summed E-state index contributed by atoms with van der Waals surface area (Å²) in [7, 11) is 0. The van der Waals surface area contributed by atoms with Gasteiger partial charge in [0.25, 0.3) is 5.56 Å². The number of hydrogen-bond acceptors (Lipinski definition) is 4. The number of fused-ring (bicyclic) bond motifs is 1. The highest BCUT2D eigenvalue weighted by Crippen LogP contribution is 2.19. The number of nitrogens with zero attached hydrogens (tertiary/aromatic N) is 2. The summed E-state index contributed by atoms with van der Waals surface area (Å²) < 4.78 is 32.1. The van der Waals surface area contributed by atoms with Gasteiger partial charge in [-0.2, -0.15) is 9.37 Å². The van der Waals surface area contributed by atoms with E-state index in [4.69, 9.17) is 16.3 Å². The number of hydrogen-bond donors (Lipinski definition) is 1. The van der Waals surface area contributed by atoms with Crippen LogP contribution in [-0.4, -0.2) is 21.6 Å². The van der Waals surface area contributed by atoms with Gasteiger partial charge in [-0.1, -0.05) is 17.7 Å². The van der Waals surface area contributed by atoms with Gasteiger partial charge in [-0.3, -0.25) is 4.79 Å². The first kappa shape index (κ1) is 16.5. The summed E-state index contributed by atoms with van der Waals surface area (Å²) in [6, 6.07) is 6.85. The lowest BCUT2D eigenvalue weighted by atomic mass is 10.1. The van der Waals surface area contributed by atoms with Crippen molar-refractivity contribution in [1.82, 2.24) is 15.0 Å². The lowest BCUT2D eigenvalue weighted by molar-refractivity contribution is 0.118. The second-order valence-corrected chi connectivity index (χ2v) is 5.43. The number of nitrogens with one attached hydrogen (secondary N) is 1. The van der Waals surface area contributed by atoms with Crippen molar-refractivity contribution in [2.24, 2.45) is 0 Å². The average molecular weight is 352 g/mol. The van der Waals surface area contributed by atoms with Crippen LogP contribution in [0.1, 0.15) is 11.4 Å². The molecule has 24 heavy (non-hydrogen) atoms. The van der Waals surface area contributed by atoms with Crippen LogP contribution in [0.15, 0.2) is 35.1 Å². The molecular weight excluding hydrogens is 340 g/mol. The monoisotopic (exact) mass is 351 g/mol. The van der Waals surface area contributed by atoms with Crippen LogP contribution in [0.2, 0.25) is 5.02 Å². The van der Waals surface area contributed by atoms with Gasteiger partial charge in [0.15, 0.2) is 5.65 Å². The molecule has 0 spiro atoms. The van der Waals surface area contributed by atoms with E-state index in [0.717, 1.165) is 6.07 Å². The second-order valence-electron chi connectivity index (χ2n) is 5.02. The predicted octanol–water partition coefficient (Wildman–Crippen LogP) is 3.01. The number of pyridine rings is 1. The van der Waals surface area contributed by atoms with Crippen LogP contribution >= 0.6 is 11.6 Å². The molecule has 0 amide bonds. The highest BCUT2D eigenvalue weighted by molar-refractivity contribution is 6.31. The van der Waals surface area contributed by atoms with Crippen molar-refractivity contribution < 1.29 is 13.5 Å². The number of aromatic amines is 1. The standard InChI is InChI=1S/C16H12ClF2N3O2/c17-11-2-1-3-12(18)9(11)6-7-24-8-14-21-15-10(16(23)22-14)4-5-13(19)20-15/h1-5H,6-8H2,(H,20,21,22,23). The van der Waals surface area contributed by atoms with E-state index in [1.807, 2.05) is 0 Å². The summed E-state index contributed by atoms with van der Waals surface area (Å²) >= 11 is 5.93. The van der Waals surface area contributed by atoms with Gasteiger partial charge in [-0.25, -0.2) is 9.37 Å². The van der Waals surface area contributed by atoms with Gasteiger partial charge in [-0.05, 0) is 24.3 Å². The smallest absolute Gasteiger partial charge is 0.260 e. The molecule has 0 atom stereocenters. The largest absolute Gasteiger partial charge is 0.373 e. The number of halogens is 3. The molecule has 0 aliphatic carbocycles. The minimum absolute atomic E-state index is 0.00879. The SMILES string of the molecule is O=c1[nH]c(COCCc2c(F)cccc2Cl)nc2nc(F)ccc12. The van der Waals surface area contributed by atoms with Crippen molar-refractivity contribution in [2.75, 3.05) is 6.61 Å². The van der Waals surface area contributed by atoms with E-state index in [-0.39, 0.29) is 36.5 Å². The molecule has 0 bridgehead atoms. The molecule has 0 aliphatic rings. The fourth-order valence-corrected chi connectivity index (χ4v) is 2.48. The maximum atomic E-state index is 13.6. The van der Waals surface area contributed by atoms with Gasteiger partial charge in [0.05, 0.1) is 12.0 Å². The maximum Gasteiger partial charge on any atom is 0.260 e. The van der Waals surface area contributed by atoms with Gasteiger partial charge >= 0.3 is 0 Å². The Bertz CT molecular complexity index is 926. The van der Waals surface area contributed by atoms with Crippen LogP contribution < -0.4 is 5.56 Å². The number of aromatic nitrogens is 3. The zero-order chi connectivity index (χ0) is 17.1. The zero-order valence-electron chi connectivity index (χ0n) is 12.4. The Kier molecular flexibility index (Phi) is 4.82. The van der Waals surface area contributed by atoms with Crippen LogP contribution in [0, 0.1) is 11.8 Å². The molecule has 3 rings (SSSR count). The second kappa shape index (κ2) is 7.02. The van der Waals surface area contributed by atoms with Crippen molar-refractivity contribution in [3.05, 3.63) is 68.9 Å². The van der Waals surface area contributed by atoms with Crippen LogP contribution in [0.25, 0.3) is 11.0 Å². The van der Waals surface area contributed by atoms with Crippen molar-refractivity contribution in [3.8, 4) is 0 Å². The van der Waals surface area contributed by atoms with E-state index in [1.54, 1.807) is 6.07 Å². The molecule has 0 saturated heterocycles. The number of rotatable bonds is 5. The van der Waals surface area contributed by atoms with E-state index >= 15 is 0 Å². The summed E-state index contributed by atoms with van der Waals surface area (Å²) in [5.74, 6) is -0.907. The first-order valence-corrected chi connectivity index (χ1v) is 7.48. The van der Waals surface area contributed by atoms with Gasteiger partial charge in [0, 0.05) is 17.0 Å². The Balaban J connectivity index is 1.67. The molecule has 8 heteroatoms. The molecule has 2 heterocycles. The van der Waals surface area contributed by atoms with Crippen molar-refractivity contribution in [1.29, 1.82) is 0 Å². The third-order valence-electron chi connectivity index (χ3n) is 3.38. The Morgan fingerprint density at radius 1 is 1.17 bits per heavy atom.